The normalized spacial score (nSPS) is 26.8. The second kappa shape index (κ2) is 9.57. The SMILES string of the molecule is CO[C@@H]1[C@@H](n2cc(-c3nc(Cl)cs3)nn2)[C@@H](O)[C@@H](CO)O[C@@H]1Sc1cncc(Br)c1. The molecule has 0 spiro atoms. The molecule has 1 fully saturated rings. The van der Waals surface area contributed by atoms with Crippen LogP contribution in [-0.4, -0.2) is 72.6 Å². The Kier molecular flexibility index (Phi) is 7.05. The molecule has 3 aromatic rings. The fraction of sp³-hybridized carbons (Fsp3) is 0.412. The van der Waals surface area contributed by atoms with Gasteiger partial charge in [0, 0.05) is 34.3 Å². The lowest BCUT2D eigenvalue weighted by atomic mass is 9.97. The maximum absolute atomic E-state index is 10.9. The van der Waals surface area contributed by atoms with Crippen molar-refractivity contribution in [3.05, 3.63) is 39.7 Å². The van der Waals surface area contributed by atoms with Crippen molar-refractivity contribution in [1.29, 1.82) is 0 Å². The predicted octanol–water partition coefficient (Wildman–Crippen LogP) is 2.64. The Bertz CT molecular complexity index is 1010. The number of nitrogens with zero attached hydrogens (tertiary/aromatic N) is 5. The van der Waals surface area contributed by atoms with Gasteiger partial charge >= 0.3 is 0 Å². The van der Waals surface area contributed by atoms with Crippen LogP contribution in [0, 0.1) is 0 Å². The first-order valence-corrected chi connectivity index (χ1v) is 11.7. The number of aliphatic hydroxyl groups is 2. The van der Waals surface area contributed by atoms with E-state index in [1.165, 1.54) is 34.9 Å². The molecule has 0 aromatic carbocycles. The average molecular weight is 535 g/mol. The molecule has 1 saturated heterocycles. The number of thiazole rings is 1. The molecule has 0 saturated carbocycles. The van der Waals surface area contributed by atoms with Crippen LogP contribution in [0.2, 0.25) is 5.15 Å². The van der Waals surface area contributed by atoms with E-state index in [-0.39, 0.29) is 6.61 Å². The quantitative estimate of drug-likeness (QED) is 0.492. The molecular formula is C17H17BrClN5O4S2. The van der Waals surface area contributed by atoms with Gasteiger partial charge in [0.2, 0.25) is 0 Å². The minimum absolute atomic E-state index is 0.356. The summed E-state index contributed by atoms with van der Waals surface area (Å²) in [6.07, 6.45) is 2.61. The number of hydrogen-bond donors (Lipinski definition) is 2. The fourth-order valence-electron chi connectivity index (χ4n) is 3.19. The molecule has 0 aliphatic carbocycles. The van der Waals surface area contributed by atoms with Crippen molar-refractivity contribution >= 4 is 50.6 Å². The second-order valence-corrected chi connectivity index (χ2v) is 9.76. The summed E-state index contributed by atoms with van der Waals surface area (Å²) in [4.78, 5) is 9.21. The molecule has 4 rings (SSSR count). The zero-order valence-corrected chi connectivity index (χ0v) is 19.5. The van der Waals surface area contributed by atoms with Crippen LogP contribution in [0.5, 0.6) is 0 Å². The summed E-state index contributed by atoms with van der Waals surface area (Å²) in [6.45, 7) is -0.356. The van der Waals surface area contributed by atoms with Gasteiger partial charge in [0.25, 0.3) is 0 Å². The van der Waals surface area contributed by atoms with Gasteiger partial charge in [-0.25, -0.2) is 9.67 Å². The largest absolute Gasteiger partial charge is 0.394 e. The molecule has 9 nitrogen and oxygen atoms in total. The van der Waals surface area contributed by atoms with E-state index < -0.39 is 29.8 Å². The van der Waals surface area contributed by atoms with E-state index in [9.17, 15) is 10.2 Å². The van der Waals surface area contributed by atoms with E-state index in [2.05, 4.69) is 36.2 Å². The lowest BCUT2D eigenvalue weighted by Gasteiger charge is -2.43. The molecule has 0 unspecified atom stereocenters. The van der Waals surface area contributed by atoms with Crippen molar-refractivity contribution in [1.82, 2.24) is 25.0 Å². The van der Waals surface area contributed by atoms with E-state index in [0.29, 0.717) is 15.9 Å². The van der Waals surface area contributed by atoms with Crippen LogP contribution in [0.4, 0.5) is 0 Å². The molecule has 3 aromatic heterocycles. The van der Waals surface area contributed by atoms with Crippen LogP contribution >= 0.6 is 50.6 Å². The summed E-state index contributed by atoms with van der Waals surface area (Å²) < 4.78 is 14.0. The van der Waals surface area contributed by atoms with Crippen molar-refractivity contribution in [2.45, 2.75) is 34.7 Å². The molecule has 1 aliphatic rings. The number of hydrogen-bond acceptors (Lipinski definition) is 10. The Hall–Kier alpha value is -1.12. The van der Waals surface area contributed by atoms with Gasteiger partial charge in [0.15, 0.2) is 0 Å². The molecule has 4 heterocycles. The molecule has 30 heavy (non-hydrogen) atoms. The van der Waals surface area contributed by atoms with E-state index in [0.717, 1.165) is 9.37 Å². The third kappa shape index (κ3) is 4.55. The van der Waals surface area contributed by atoms with Crippen molar-refractivity contribution in [2.75, 3.05) is 13.7 Å². The van der Waals surface area contributed by atoms with Crippen LogP contribution < -0.4 is 0 Å². The highest BCUT2D eigenvalue weighted by Gasteiger charge is 2.47. The summed E-state index contributed by atoms with van der Waals surface area (Å²) in [6, 6.07) is 1.26. The monoisotopic (exact) mass is 533 g/mol. The van der Waals surface area contributed by atoms with Crippen molar-refractivity contribution in [2.24, 2.45) is 0 Å². The molecule has 0 radical (unpaired) electrons. The van der Waals surface area contributed by atoms with Crippen LogP contribution in [0.25, 0.3) is 10.7 Å². The summed E-state index contributed by atoms with van der Waals surface area (Å²) in [7, 11) is 1.54. The highest BCUT2D eigenvalue weighted by molar-refractivity contribution is 9.10. The number of pyridine rings is 1. The Labute approximate surface area is 193 Å². The predicted molar refractivity (Wildman–Crippen MR) is 116 cm³/mol. The molecule has 5 atom stereocenters. The maximum Gasteiger partial charge on any atom is 0.147 e. The van der Waals surface area contributed by atoms with Crippen LogP contribution in [0.3, 0.4) is 0 Å². The first kappa shape index (κ1) is 22.1. The van der Waals surface area contributed by atoms with Gasteiger partial charge in [-0.3, -0.25) is 4.98 Å². The number of thioether (sulfide) groups is 1. The topological polar surface area (TPSA) is 115 Å². The Balaban J connectivity index is 1.65. The zero-order chi connectivity index (χ0) is 21.3. The third-order valence-electron chi connectivity index (χ3n) is 4.54. The second-order valence-electron chi connectivity index (χ2n) is 6.42. The van der Waals surface area contributed by atoms with Crippen molar-refractivity contribution in [3.63, 3.8) is 0 Å². The molecule has 0 bridgehead atoms. The molecule has 2 N–H and O–H groups in total. The van der Waals surface area contributed by atoms with E-state index in [1.807, 2.05) is 6.07 Å². The van der Waals surface area contributed by atoms with Gasteiger partial charge in [0.05, 0.1) is 12.8 Å². The maximum atomic E-state index is 10.9. The molecule has 160 valence electrons. The summed E-state index contributed by atoms with van der Waals surface area (Å²) in [5.41, 5.74) is -0.00000592. The highest BCUT2D eigenvalue weighted by atomic mass is 79.9. The fourth-order valence-corrected chi connectivity index (χ4v) is 5.79. The summed E-state index contributed by atoms with van der Waals surface area (Å²) in [5, 5.41) is 31.7. The zero-order valence-electron chi connectivity index (χ0n) is 15.5. The smallest absolute Gasteiger partial charge is 0.147 e. The molecular weight excluding hydrogens is 518 g/mol. The number of rotatable bonds is 6. The van der Waals surface area contributed by atoms with Crippen LogP contribution in [-0.2, 0) is 9.47 Å². The minimum atomic E-state index is -1.06. The molecule has 13 heteroatoms. The van der Waals surface area contributed by atoms with E-state index in [1.54, 1.807) is 24.0 Å². The molecule has 1 aliphatic heterocycles. The number of methoxy groups -OCH3 is 1. The number of aliphatic hydroxyl groups excluding tert-OH is 2. The first-order valence-electron chi connectivity index (χ1n) is 8.77. The van der Waals surface area contributed by atoms with Crippen molar-refractivity contribution < 1.29 is 19.7 Å². The molecule has 0 amide bonds. The van der Waals surface area contributed by atoms with E-state index >= 15 is 0 Å². The van der Waals surface area contributed by atoms with Gasteiger partial charge in [0.1, 0.15) is 45.6 Å². The highest BCUT2D eigenvalue weighted by Crippen LogP contribution is 2.40. The number of ether oxygens (including phenoxy) is 2. The van der Waals surface area contributed by atoms with Gasteiger partial charge < -0.3 is 19.7 Å². The van der Waals surface area contributed by atoms with Gasteiger partial charge in [-0.1, -0.05) is 28.6 Å². The van der Waals surface area contributed by atoms with Crippen LogP contribution in [0.1, 0.15) is 6.04 Å². The minimum Gasteiger partial charge on any atom is -0.394 e. The number of aromatic nitrogens is 5. The van der Waals surface area contributed by atoms with Crippen molar-refractivity contribution in [3.8, 4) is 10.7 Å². The standard InChI is InChI=1S/C17H17BrClN5O4S2/c1-27-15-13(24-5-10(22-23-24)16-21-12(19)7-29-16)14(26)11(6-25)28-17(15)30-9-2-8(18)3-20-4-9/h2-5,7,11,13-15,17,25-26H,6H2,1H3/t11-,13+,14+,15-,17-/m1/s1. The lowest BCUT2D eigenvalue weighted by Crippen LogP contribution is -2.55. The van der Waals surface area contributed by atoms with Gasteiger partial charge in [-0.15, -0.1) is 16.4 Å². The summed E-state index contributed by atoms with van der Waals surface area (Å²) >= 11 is 12.0. The van der Waals surface area contributed by atoms with Crippen LogP contribution in [0.15, 0.2) is 39.4 Å². The first-order chi connectivity index (χ1) is 14.5. The number of halogens is 2. The Morgan fingerprint density at radius 3 is 2.93 bits per heavy atom. The van der Waals surface area contributed by atoms with Gasteiger partial charge in [-0.05, 0) is 22.0 Å². The lowest BCUT2D eigenvalue weighted by molar-refractivity contribution is -0.186. The summed E-state index contributed by atoms with van der Waals surface area (Å²) in [5.74, 6) is 0. The average Bonchev–Trinajstić information content (AvgIpc) is 3.37. The Morgan fingerprint density at radius 2 is 2.27 bits per heavy atom. The Morgan fingerprint density at radius 1 is 1.43 bits per heavy atom. The third-order valence-corrected chi connectivity index (χ3v) is 7.27. The van der Waals surface area contributed by atoms with E-state index in [4.69, 9.17) is 21.1 Å². The van der Waals surface area contributed by atoms with Gasteiger partial charge in [-0.2, -0.15) is 0 Å².